The minimum absolute atomic E-state index is 0.521. The van der Waals surface area contributed by atoms with Crippen LogP contribution in [0.2, 0.25) is 10.0 Å². The van der Waals surface area contributed by atoms with E-state index in [1.165, 1.54) is 0 Å². The summed E-state index contributed by atoms with van der Waals surface area (Å²) in [4.78, 5) is 2.10. The highest BCUT2D eigenvalue weighted by Crippen LogP contribution is 2.27. The van der Waals surface area contributed by atoms with Crippen LogP contribution in [0, 0.1) is 6.92 Å². The van der Waals surface area contributed by atoms with Crippen molar-refractivity contribution in [3.05, 3.63) is 45.8 Å². The lowest BCUT2D eigenvalue weighted by molar-refractivity contribution is 0.229. The van der Waals surface area contributed by atoms with Gasteiger partial charge in [0.05, 0.1) is 10.7 Å². The Kier molecular flexibility index (Phi) is 5.29. The van der Waals surface area contributed by atoms with Gasteiger partial charge >= 0.3 is 0 Å². The van der Waals surface area contributed by atoms with Crippen molar-refractivity contribution in [1.29, 1.82) is 0 Å². The molecule has 6 heteroatoms. The van der Waals surface area contributed by atoms with E-state index in [1.807, 2.05) is 20.0 Å². The molecular weight excluding hydrogens is 299 g/mol. The number of aromatic nitrogens is 1. The fourth-order valence-corrected chi connectivity index (χ4v) is 2.21. The van der Waals surface area contributed by atoms with Crippen LogP contribution in [-0.2, 0) is 6.54 Å². The number of halogens is 2. The monoisotopic (exact) mass is 314 g/mol. The number of nitrogens with zero attached hydrogens (tertiary/aromatic N) is 2. The molecule has 4 nitrogen and oxygen atoms in total. The van der Waals surface area contributed by atoms with Crippen LogP contribution < -0.4 is 4.74 Å². The van der Waals surface area contributed by atoms with Crippen molar-refractivity contribution >= 4 is 23.2 Å². The predicted octanol–water partition coefficient (Wildman–Crippen LogP) is 3.80. The molecule has 108 valence electrons. The number of hydrogen-bond donors (Lipinski definition) is 0. The molecule has 0 aliphatic heterocycles. The van der Waals surface area contributed by atoms with E-state index < -0.39 is 0 Å². The van der Waals surface area contributed by atoms with Crippen LogP contribution in [0.5, 0.6) is 5.75 Å². The molecule has 0 spiro atoms. The Hall–Kier alpha value is -1.23. The summed E-state index contributed by atoms with van der Waals surface area (Å²) in [5, 5.41) is 5.07. The van der Waals surface area contributed by atoms with Crippen LogP contribution in [0.1, 0.15) is 11.5 Å². The predicted molar refractivity (Wildman–Crippen MR) is 79.5 cm³/mol. The standard InChI is InChI=1S/C14H16Cl2N2O2/c1-10-7-12(17-20-10)9-18(2)5-6-19-14-4-3-11(15)8-13(14)16/h3-4,7-8H,5-6,9H2,1-2H3. The maximum absolute atomic E-state index is 6.03. The molecule has 0 radical (unpaired) electrons. The van der Waals surface area contributed by atoms with Gasteiger partial charge in [-0.1, -0.05) is 28.4 Å². The summed E-state index contributed by atoms with van der Waals surface area (Å²) in [7, 11) is 2.00. The molecule has 0 atom stereocenters. The van der Waals surface area contributed by atoms with Crippen LogP contribution in [-0.4, -0.2) is 30.3 Å². The topological polar surface area (TPSA) is 38.5 Å². The van der Waals surface area contributed by atoms with E-state index in [1.54, 1.807) is 18.2 Å². The zero-order valence-electron chi connectivity index (χ0n) is 11.4. The molecule has 2 rings (SSSR count). The molecule has 1 aromatic heterocycles. The highest BCUT2D eigenvalue weighted by atomic mass is 35.5. The van der Waals surface area contributed by atoms with Crippen LogP contribution >= 0.6 is 23.2 Å². The van der Waals surface area contributed by atoms with Gasteiger partial charge in [-0.3, -0.25) is 4.90 Å². The van der Waals surface area contributed by atoms with Crippen LogP contribution in [0.15, 0.2) is 28.8 Å². The van der Waals surface area contributed by atoms with E-state index in [9.17, 15) is 0 Å². The van der Waals surface area contributed by atoms with Crippen molar-refractivity contribution in [3.8, 4) is 5.75 Å². The Bertz CT molecular complexity index is 572. The molecule has 0 aliphatic carbocycles. The third-order valence-corrected chi connectivity index (χ3v) is 3.26. The highest BCUT2D eigenvalue weighted by Gasteiger charge is 2.06. The normalized spacial score (nSPS) is 11.1. The summed E-state index contributed by atoms with van der Waals surface area (Å²) in [5.41, 5.74) is 0.912. The van der Waals surface area contributed by atoms with E-state index in [4.69, 9.17) is 32.5 Å². The molecule has 0 saturated carbocycles. The fourth-order valence-electron chi connectivity index (χ4n) is 1.75. The lowest BCUT2D eigenvalue weighted by atomic mass is 10.3. The maximum atomic E-state index is 6.03. The number of benzene rings is 1. The molecule has 0 unspecified atom stereocenters. The van der Waals surface area contributed by atoms with Crippen molar-refractivity contribution in [1.82, 2.24) is 10.1 Å². The minimum atomic E-state index is 0.521. The molecule has 2 aromatic rings. The lowest BCUT2D eigenvalue weighted by Gasteiger charge is -2.15. The molecule has 0 fully saturated rings. The quantitative estimate of drug-likeness (QED) is 0.813. The Morgan fingerprint density at radius 2 is 2.10 bits per heavy atom. The first-order valence-electron chi connectivity index (χ1n) is 6.23. The van der Waals surface area contributed by atoms with Gasteiger partial charge in [0.25, 0.3) is 0 Å². The second-order valence-corrected chi connectivity index (χ2v) is 5.43. The number of aryl methyl sites for hydroxylation is 1. The third-order valence-electron chi connectivity index (χ3n) is 2.73. The zero-order valence-corrected chi connectivity index (χ0v) is 12.9. The Morgan fingerprint density at radius 3 is 2.75 bits per heavy atom. The first kappa shape index (κ1) is 15.2. The average molecular weight is 315 g/mol. The summed E-state index contributed by atoms with van der Waals surface area (Å²) < 4.78 is 10.7. The van der Waals surface area contributed by atoms with Gasteiger partial charge < -0.3 is 9.26 Å². The number of rotatable bonds is 6. The Labute approximate surface area is 128 Å². The average Bonchev–Trinajstić information content (AvgIpc) is 2.77. The van der Waals surface area contributed by atoms with Crippen molar-refractivity contribution in [3.63, 3.8) is 0 Å². The van der Waals surface area contributed by atoms with Gasteiger partial charge in [0.2, 0.25) is 0 Å². The second kappa shape index (κ2) is 6.97. The molecular formula is C14H16Cl2N2O2. The third kappa shape index (κ3) is 4.40. The first-order chi connectivity index (χ1) is 9.54. The largest absolute Gasteiger partial charge is 0.491 e. The summed E-state index contributed by atoms with van der Waals surface area (Å²) in [6.07, 6.45) is 0. The highest BCUT2D eigenvalue weighted by molar-refractivity contribution is 6.35. The first-order valence-corrected chi connectivity index (χ1v) is 6.99. The SMILES string of the molecule is Cc1cc(CN(C)CCOc2ccc(Cl)cc2Cl)no1. The van der Waals surface area contributed by atoms with Crippen LogP contribution in [0.3, 0.4) is 0 Å². The zero-order chi connectivity index (χ0) is 14.5. The summed E-state index contributed by atoms with van der Waals surface area (Å²) >= 11 is 11.9. The fraction of sp³-hybridized carbons (Fsp3) is 0.357. The Morgan fingerprint density at radius 1 is 1.30 bits per heavy atom. The van der Waals surface area contributed by atoms with Gasteiger partial charge in [0, 0.05) is 24.2 Å². The summed E-state index contributed by atoms with van der Waals surface area (Å²) in [5.74, 6) is 1.46. The van der Waals surface area contributed by atoms with Gasteiger partial charge in [-0.25, -0.2) is 0 Å². The van der Waals surface area contributed by atoms with Gasteiger partial charge in [-0.15, -0.1) is 0 Å². The van der Waals surface area contributed by atoms with Crippen molar-refractivity contribution in [2.75, 3.05) is 20.2 Å². The molecule has 0 saturated heterocycles. The van der Waals surface area contributed by atoms with Crippen molar-refractivity contribution in [2.24, 2.45) is 0 Å². The van der Waals surface area contributed by atoms with E-state index >= 15 is 0 Å². The smallest absolute Gasteiger partial charge is 0.138 e. The van der Waals surface area contributed by atoms with E-state index in [0.29, 0.717) is 22.4 Å². The van der Waals surface area contributed by atoms with Gasteiger partial charge in [0.15, 0.2) is 0 Å². The minimum Gasteiger partial charge on any atom is -0.491 e. The Balaban J connectivity index is 1.77. The number of likely N-dealkylation sites (N-methyl/N-ethyl adjacent to an activating group) is 1. The number of ether oxygens (including phenoxy) is 1. The maximum Gasteiger partial charge on any atom is 0.138 e. The number of hydrogen-bond acceptors (Lipinski definition) is 4. The van der Waals surface area contributed by atoms with Crippen molar-refractivity contribution < 1.29 is 9.26 Å². The summed E-state index contributed by atoms with van der Waals surface area (Å²) in [6, 6.07) is 7.12. The lowest BCUT2D eigenvalue weighted by Crippen LogP contribution is -2.24. The van der Waals surface area contributed by atoms with E-state index in [0.717, 1.165) is 24.5 Å². The van der Waals surface area contributed by atoms with E-state index in [-0.39, 0.29) is 0 Å². The van der Waals surface area contributed by atoms with E-state index in [2.05, 4.69) is 10.1 Å². The molecule has 20 heavy (non-hydrogen) atoms. The van der Waals surface area contributed by atoms with Crippen LogP contribution in [0.4, 0.5) is 0 Å². The molecule has 1 aromatic carbocycles. The van der Waals surface area contributed by atoms with Gasteiger partial charge in [-0.2, -0.15) is 0 Å². The molecule has 0 amide bonds. The molecule has 1 heterocycles. The molecule has 0 bridgehead atoms. The van der Waals surface area contributed by atoms with Gasteiger partial charge in [-0.05, 0) is 32.2 Å². The van der Waals surface area contributed by atoms with Gasteiger partial charge in [0.1, 0.15) is 18.1 Å². The summed E-state index contributed by atoms with van der Waals surface area (Å²) in [6.45, 7) is 3.89. The molecule has 0 N–H and O–H groups in total. The van der Waals surface area contributed by atoms with Crippen LogP contribution in [0.25, 0.3) is 0 Å². The molecule has 0 aliphatic rings. The second-order valence-electron chi connectivity index (χ2n) is 4.59. The van der Waals surface area contributed by atoms with Crippen molar-refractivity contribution in [2.45, 2.75) is 13.5 Å².